The number of rotatable bonds is 4. The fourth-order valence-electron chi connectivity index (χ4n) is 4.00. The van der Waals surface area contributed by atoms with Crippen molar-refractivity contribution in [3.63, 3.8) is 0 Å². The van der Waals surface area contributed by atoms with Crippen LogP contribution in [0.1, 0.15) is 9.75 Å². The molecule has 0 aliphatic heterocycles. The van der Waals surface area contributed by atoms with E-state index in [1.807, 2.05) is 72.8 Å². The molecule has 0 atom stereocenters. The van der Waals surface area contributed by atoms with E-state index >= 15 is 0 Å². The maximum absolute atomic E-state index is 8.96. The molecule has 1 N–H and O–H groups in total. The first-order chi connectivity index (χ1) is 18.1. The third kappa shape index (κ3) is 3.97. The van der Waals surface area contributed by atoms with Crippen LogP contribution < -0.4 is 0 Å². The lowest BCUT2D eigenvalue weighted by Crippen LogP contribution is -1.75. The van der Waals surface area contributed by atoms with Crippen molar-refractivity contribution in [2.75, 3.05) is 0 Å². The molecule has 37 heavy (non-hydrogen) atoms. The van der Waals surface area contributed by atoms with Gasteiger partial charge in [-0.3, -0.25) is 0 Å². The average Bonchev–Trinajstić information content (AvgIpc) is 3.70. The van der Waals surface area contributed by atoms with Gasteiger partial charge in [-0.25, -0.2) is 0 Å². The standard InChI is InChI=1S/C28H11N5O2S2/c29-11-15(12-30)3-19-7-25-27(36-19)9-23(34-25)18-2-1-17-5-22(33-21(17)6-18)24-10-28-26(35-24)8-20(37-28)4-16(13-31)14-32/h1-10,33H. The lowest BCUT2D eigenvalue weighted by molar-refractivity contribution is 0.630. The summed E-state index contributed by atoms with van der Waals surface area (Å²) in [5.74, 6) is 1.42. The van der Waals surface area contributed by atoms with Gasteiger partial charge >= 0.3 is 0 Å². The lowest BCUT2D eigenvalue weighted by Gasteiger charge is -1.97. The molecule has 5 aromatic heterocycles. The number of aromatic amines is 1. The molecule has 0 bridgehead atoms. The van der Waals surface area contributed by atoms with Gasteiger partial charge in [0.25, 0.3) is 0 Å². The molecule has 0 aliphatic rings. The minimum Gasteiger partial charge on any atom is -0.455 e. The molecule has 0 fully saturated rings. The predicted octanol–water partition coefficient (Wildman–Crippen LogP) is 7.98. The molecule has 9 heteroatoms. The van der Waals surface area contributed by atoms with E-state index in [0.29, 0.717) is 16.9 Å². The molecule has 6 rings (SSSR count). The predicted molar refractivity (Wildman–Crippen MR) is 143 cm³/mol. The number of nitriles is 4. The third-order valence-corrected chi connectivity index (χ3v) is 7.70. The summed E-state index contributed by atoms with van der Waals surface area (Å²) in [7, 11) is 0. The van der Waals surface area contributed by atoms with Gasteiger partial charge in [-0.15, -0.1) is 22.7 Å². The largest absolute Gasteiger partial charge is 0.455 e. The molecule has 0 saturated heterocycles. The van der Waals surface area contributed by atoms with Crippen LogP contribution >= 0.6 is 22.7 Å². The SMILES string of the molecule is N#CC(C#N)=Cc1cc2oc(-c3ccc4cc(-c5cc6sc(C=C(C#N)C#N)cc6o5)[nH]c4c3)cc2s1. The van der Waals surface area contributed by atoms with Gasteiger partial charge in [0.05, 0.1) is 15.1 Å². The molecule has 1 aromatic carbocycles. The number of nitrogens with zero attached hydrogens (tertiary/aromatic N) is 4. The van der Waals surface area contributed by atoms with Crippen LogP contribution in [-0.2, 0) is 0 Å². The molecule has 0 spiro atoms. The van der Waals surface area contributed by atoms with E-state index < -0.39 is 0 Å². The second-order valence-electron chi connectivity index (χ2n) is 8.02. The highest BCUT2D eigenvalue weighted by Crippen LogP contribution is 2.38. The molecular weight excluding hydrogens is 502 g/mol. The van der Waals surface area contributed by atoms with Gasteiger partial charge < -0.3 is 13.8 Å². The van der Waals surface area contributed by atoms with Crippen molar-refractivity contribution in [1.29, 1.82) is 21.0 Å². The number of hydrogen-bond acceptors (Lipinski definition) is 8. The average molecular weight is 514 g/mol. The smallest absolute Gasteiger partial charge is 0.152 e. The van der Waals surface area contributed by atoms with Crippen LogP contribution in [0, 0.1) is 45.3 Å². The highest BCUT2D eigenvalue weighted by molar-refractivity contribution is 7.20. The fourth-order valence-corrected chi connectivity index (χ4v) is 5.93. The fraction of sp³-hybridized carbons (Fsp3) is 0. The van der Waals surface area contributed by atoms with E-state index in [1.165, 1.54) is 22.7 Å². The first kappa shape index (κ1) is 22.2. The first-order valence-electron chi connectivity index (χ1n) is 10.8. The second kappa shape index (κ2) is 8.72. The van der Waals surface area contributed by atoms with Gasteiger partial charge in [0.15, 0.2) is 5.76 Å². The Kier molecular flexibility index (Phi) is 5.22. The zero-order chi connectivity index (χ0) is 25.5. The van der Waals surface area contributed by atoms with Gasteiger partial charge in [0.1, 0.15) is 52.3 Å². The number of aromatic nitrogens is 1. The van der Waals surface area contributed by atoms with E-state index in [9.17, 15) is 0 Å². The van der Waals surface area contributed by atoms with Crippen molar-refractivity contribution >= 4 is 66.3 Å². The Balaban J connectivity index is 1.30. The molecule has 0 aliphatic carbocycles. The van der Waals surface area contributed by atoms with Crippen molar-refractivity contribution in [2.45, 2.75) is 0 Å². The number of fused-ring (bicyclic) bond motifs is 3. The van der Waals surface area contributed by atoms with Crippen LogP contribution in [0.4, 0.5) is 0 Å². The van der Waals surface area contributed by atoms with Crippen LogP contribution in [0.3, 0.4) is 0 Å². The summed E-state index contributed by atoms with van der Waals surface area (Å²) < 4.78 is 13.9. The first-order valence-corrected chi connectivity index (χ1v) is 12.4. The van der Waals surface area contributed by atoms with Crippen molar-refractivity contribution in [3.05, 3.63) is 69.4 Å². The van der Waals surface area contributed by atoms with Gasteiger partial charge in [-0.1, -0.05) is 12.1 Å². The van der Waals surface area contributed by atoms with Crippen LogP contribution in [0.5, 0.6) is 0 Å². The molecule has 172 valence electrons. The summed E-state index contributed by atoms with van der Waals surface area (Å²) in [6.45, 7) is 0. The zero-order valence-electron chi connectivity index (χ0n) is 18.7. The summed E-state index contributed by atoms with van der Waals surface area (Å²) in [4.78, 5) is 4.99. The molecule has 0 radical (unpaired) electrons. The quantitative estimate of drug-likeness (QED) is 0.237. The Labute approximate surface area is 217 Å². The number of benzene rings is 1. The Morgan fingerprint density at radius 2 is 1.27 bits per heavy atom. The van der Waals surface area contributed by atoms with Gasteiger partial charge in [-0.2, -0.15) is 21.0 Å². The van der Waals surface area contributed by atoms with E-state index in [1.54, 1.807) is 12.2 Å². The van der Waals surface area contributed by atoms with Crippen molar-refractivity contribution in [3.8, 4) is 47.1 Å². The number of furan rings is 2. The topological polar surface area (TPSA) is 137 Å². The Bertz CT molecular complexity index is 1890. The monoisotopic (exact) mass is 513 g/mol. The number of hydrogen-bond donors (Lipinski definition) is 1. The van der Waals surface area contributed by atoms with Crippen molar-refractivity contribution in [2.24, 2.45) is 0 Å². The van der Waals surface area contributed by atoms with E-state index in [2.05, 4.69) is 4.98 Å². The normalized spacial score (nSPS) is 10.6. The van der Waals surface area contributed by atoms with Gasteiger partial charge in [0.2, 0.25) is 0 Å². The van der Waals surface area contributed by atoms with Crippen LogP contribution in [0.15, 0.2) is 68.5 Å². The number of H-pyrrole nitrogens is 1. The second-order valence-corrected chi connectivity index (χ2v) is 10.3. The summed E-state index contributed by atoms with van der Waals surface area (Å²) in [5, 5.41) is 36.9. The molecule has 5 heterocycles. The third-order valence-electron chi connectivity index (χ3n) is 5.68. The van der Waals surface area contributed by atoms with Crippen molar-refractivity contribution in [1.82, 2.24) is 4.98 Å². The highest BCUT2D eigenvalue weighted by atomic mass is 32.1. The number of nitrogens with one attached hydrogen (secondary N) is 1. The summed E-state index contributed by atoms with van der Waals surface area (Å²) in [6, 6.07) is 23.1. The summed E-state index contributed by atoms with van der Waals surface area (Å²) >= 11 is 2.91. The molecule has 6 aromatic rings. The molecular formula is C28H11N5O2S2. The number of thiophene rings is 2. The highest BCUT2D eigenvalue weighted by Gasteiger charge is 2.14. The van der Waals surface area contributed by atoms with Gasteiger partial charge in [-0.05, 0) is 36.4 Å². The Hall–Kier alpha value is -5.32. The van der Waals surface area contributed by atoms with Crippen LogP contribution in [0.2, 0.25) is 0 Å². The van der Waals surface area contributed by atoms with E-state index in [0.717, 1.165) is 47.1 Å². The van der Waals surface area contributed by atoms with E-state index in [-0.39, 0.29) is 11.1 Å². The number of allylic oxidation sites excluding steroid dienone is 2. The van der Waals surface area contributed by atoms with Gasteiger partial charge in [0, 0.05) is 38.4 Å². The zero-order valence-corrected chi connectivity index (χ0v) is 20.3. The molecule has 0 amide bonds. The maximum atomic E-state index is 8.96. The lowest BCUT2D eigenvalue weighted by atomic mass is 10.1. The van der Waals surface area contributed by atoms with E-state index in [4.69, 9.17) is 29.9 Å². The maximum Gasteiger partial charge on any atom is 0.152 e. The molecule has 0 saturated carbocycles. The molecule has 0 unspecified atom stereocenters. The van der Waals surface area contributed by atoms with Crippen molar-refractivity contribution < 1.29 is 8.83 Å². The summed E-state index contributed by atoms with van der Waals surface area (Å²) in [5.41, 5.74) is 4.19. The minimum atomic E-state index is 0.0522. The Morgan fingerprint density at radius 3 is 1.84 bits per heavy atom. The Morgan fingerprint density at radius 1 is 0.703 bits per heavy atom. The summed E-state index contributed by atoms with van der Waals surface area (Å²) in [6.07, 6.45) is 3.11. The molecule has 7 nitrogen and oxygen atoms in total. The van der Waals surface area contributed by atoms with Crippen LogP contribution in [0.25, 0.3) is 66.4 Å². The van der Waals surface area contributed by atoms with Crippen LogP contribution in [-0.4, -0.2) is 4.98 Å². The minimum absolute atomic E-state index is 0.0522.